The van der Waals surface area contributed by atoms with Crippen molar-refractivity contribution in [3.8, 4) is 0 Å². The van der Waals surface area contributed by atoms with Crippen molar-refractivity contribution in [2.24, 2.45) is 23.2 Å². The van der Waals surface area contributed by atoms with Gasteiger partial charge in [0.05, 0.1) is 25.5 Å². The van der Waals surface area contributed by atoms with E-state index in [0.29, 0.717) is 17.9 Å². The van der Waals surface area contributed by atoms with Crippen molar-refractivity contribution in [2.75, 3.05) is 32.4 Å². The van der Waals surface area contributed by atoms with Gasteiger partial charge in [-0.1, -0.05) is 24.3 Å². The Morgan fingerprint density at radius 2 is 2.19 bits per heavy atom. The number of anilines is 1. The molecule has 1 aromatic rings. The number of hydrogen-bond acceptors (Lipinski definition) is 4. The number of amides is 1. The van der Waals surface area contributed by atoms with E-state index in [2.05, 4.69) is 30.7 Å². The smallest absolute Gasteiger partial charge is 0.264 e. The van der Waals surface area contributed by atoms with E-state index in [1.807, 2.05) is 18.2 Å². The zero-order valence-electron chi connectivity index (χ0n) is 15.2. The molecule has 3 heterocycles. The highest BCUT2D eigenvalue weighted by Gasteiger charge is 2.80. The standard InChI is InChI=1S/C21H24N2O3/c1-4-20-11-22(2)17-12-10-26-16(9-14(12)20)21(18(17)20)13-7-5-6-8-15(13)23(25-3)19(21)24/h4-8,12,14,16-18H,1,9-11H2,2-3H3/t12?,14-,16-,17-,18+,20+,21+/m1/s1. The van der Waals surface area contributed by atoms with Crippen molar-refractivity contribution < 1.29 is 14.4 Å². The maximum absolute atomic E-state index is 13.9. The number of para-hydroxylation sites is 1. The highest BCUT2D eigenvalue weighted by atomic mass is 16.7. The molecule has 5 nitrogen and oxygen atoms in total. The van der Waals surface area contributed by atoms with Crippen LogP contribution in [0.3, 0.4) is 0 Å². The molecular formula is C21H24N2O3. The number of carbonyl (C=O) groups is 1. The van der Waals surface area contributed by atoms with Crippen LogP contribution in [0.15, 0.2) is 36.9 Å². The molecule has 0 radical (unpaired) electrons. The van der Waals surface area contributed by atoms with Gasteiger partial charge in [-0.25, -0.2) is 0 Å². The minimum Gasteiger partial charge on any atom is -0.376 e. The number of hydrogen-bond donors (Lipinski definition) is 0. The van der Waals surface area contributed by atoms with E-state index in [0.717, 1.165) is 30.8 Å². The summed E-state index contributed by atoms with van der Waals surface area (Å²) in [6.45, 7) is 6.00. The van der Waals surface area contributed by atoms with Crippen LogP contribution < -0.4 is 5.06 Å². The lowest BCUT2D eigenvalue weighted by Gasteiger charge is -2.54. The Morgan fingerprint density at radius 3 is 2.96 bits per heavy atom. The van der Waals surface area contributed by atoms with Crippen LogP contribution in [0.25, 0.3) is 0 Å². The van der Waals surface area contributed by atoms with Crippen molar-refractivity contribution in [1.29, 1.82) is 0 Å². The first-order valence-electron chi connectivity index (χ1n) is 9.55. The van der Waals surface area contributed by atoms with Crippen LogP contribution >= 0.6 is 0 Å². The molecule has 1 aromatic carbocycles. The minimum absolute atomic E-state index is 0.0170. The third-order valence-corrected chi connectivity index (χ3v) is 8.22. The van der Waals surface area contributed by atoms with Crippen LogP contribution in [0.1, 0.15) is 12.0 Å². The molecule has 136 valence electrons. The van der Waals surface area contributed by atoms with Gasteiger partial charge in [0.2, 0.25) is 0 Å². The summed E-state index contributed by atoms with van der Waals surface area (Å²) in [7, 11) is 3.78. The maximum Gasteiger partial charge on any atom is 0.264 e. The van der Waals surface area contributed by atoms with Gasteiger partial charge < -0.3 is 9.64 Å². The lowest BCUT2D eigenvalue weighted by Crippen LogP contribution is -2.63. The van der Waals surface area contributed by atoms with Crippen molar-refractivity contribution in [2.45, 2.75) is 24.0 Å². The molecule has 1 amide bonds. The first-order chi connectivity index (χ1) is 12.6. The average molecular weight is 352 g/mol. The number of ether oxygens (including phenoxy) is 1. The van der Waals surface area contributed by atoms with Crippen LogP contribution in [-0.2, 0) is 19.8 Å². The van der Waals surface area contributed by atoms with Crippen molar-refractivity contribution >= 4 is 11.6 Å². The number of benzene rings is 1. The van der Waals surface area contributed by atoms with Gasteiger partial charge in [-0.3, -0.25) is 9.63 Å². The molecule has 1 unspecified atom stereocenters. The summed E-state index contributed by atoms with van der Waals surface area (Å²) in [5.74, 6) is 1.31. The zero-order valence-corrected chi connectivity index (χ0v) is 15.2. The lowest BCUT2D eigenvalue weighted by atomic mass is 9.51. The molecule has 2 aliphatic carbocycles. The Kier molecular flexibility index (Phi) is 2.71. The largest absolute Gasteiger partial charge is 0.376 e. The van der Waals surface area contributed by atoms with E-state index in [4.69, 9.17) is 9.57 Å². The number of likely N-dealkylation sites (tertiary alicyclic amines) is 1. The Bertz CT molecular complexity index is 840. The van der Waals surface area contributed by atoms with Gasteiger partial charge in [-0.2, -0.15) is 5.06 Å². The molecule has 2 saturated heterocycles. The molecule has 5 heteroatoms. The number of hydroxylamine groups is 1. The predicted octanol–water partition coefficient (Wildman–Crippen LogP) is 1.98. The summed E-state index contributed by atoms with van der Waals surface area (Å²) in [6, 6.07) is 8.47. The Hall–Kier alpha value is -1.69. The van der Waals surface area contributed by atoms with Gasteiger partial charge in [0.1, 0.15) is 5.41 Å². The van der Waals surface area contributed by atoms with E-state index in [1.54, 1.807) is 7.11 Å². The number of piperidine rings is 1. The summed E-state index contributed by atoms with van der Waals surface area (Å²) >= 11 is 0. The first kappa shape index (κ1) is 15.4. The summed E-state index contributed by atoms with van der Waals surface area (Å²) < 4.78 is 6.39. The zero-order chi connectivity index (χ0) is 17.8. The van der Waals surface area contributed by atoms with E-state index in [1.165, 1.54) is 5.06 Å². The molecule has 0 N–H and O–H groups in total. The van der Waals surface area contributed by atoms with Crippen LogP contribution in [0.4, 0.5) is 5.69 Å². The first-order valence-corrected chi connectivity index (χ1v) is 9.55. The molecule has 1 spiro atoms. The van der Waals surface area contributed by atoms with Crippen molar-refractivity contribution in [3.63, 3.8) is 0 Å². The van der Waals surface area contributed by atoms with E-state index in [9.17, 15) is 4.79 Å². The van der Waals surface area contributed by atoms with E-state index >= 15 is 0 Å². The van der Waals surface area contributed by atoms with Crippen LogP contribution in [0.5, 0.6) is 0 Å². The topological polar surface area (TPSA) is 42.0 Å². The quantitative estimate of drug-likeness (QED) is 0.764. The second kappa shape index (κ2) is 4.58. The molecule has 4 fully saturated rings. The fourth-order valence-electron chi connectivity index (χ4n) is 7.64. The molecule has 7 atom stereocenters. The Morgan fingerprint density at radius 1 is 1.38 bits per heavy atom. The third kappa shape index (κ3) is 1.30. The summed E-state index contributed by atoms with van der Waals surface area (Å²) in [4.78, 5) is 21.9. The molecule has 26 heavy (non-hydrogen) atoms. The fraction of sp³-hybridized carbons (Fsp3) is 0.571. The monoisotopic (exact) mass is 352 g/mol. The third-order valence-electron chi connectivity index (χ3n) is 8.22. The molecule has 5 aliphatic rings. The minimum atomic E-state index is -0.669. The maximum atomic E-state index is 13.9. The molecular weight excluding hydrogens is 328 g/mol. The average Bonchev–Trinajstić information content (AvgIpc) is 3.13. The molecule has 2 saturated carbocycles. The predicted molar refractivity (Wildman–Crippen MR) is 96.5 cm³/mol. The highest BCUT2D eigenvalue weighted by Crippen LogP contribution is 2.73. The van der Waals surface area contributed by atoms with E-state index < -0.39 is 5.41 Å². The van der Waals surface area contributed by atoms with Crippen LogP contribution in [0, 0.1) is 23.2 Å². The van der Waals surface area contributed by atoms with Gasteiger partial charge in [-0.15, -0.1) is 6.58 Å². The molecule has 6 rings (SSSR count). The Labute approximate surface area is 153 Å². The van der Waals surface area contributed by atoms with E-state index in [-0.39, 0.29) is 23.3 Å². The van der Waals surface area contributed by atoms with Crippen molar-refractivity contribution in [3.05, 3.63) is 42.5 Å². The number of nitrogens with zero attached hydrogens (tertiary/aromatic N) is 2. The summed E-state index contributed by atoms with van der Waals surface area (Å²) in [6.07, 6.45) is 3.04. The normalized spacial score (nSPS) is 47.8. The van der Waals surface area contributed by atoms with Gasteiger partial charge in [-0.05, 0) is 31.0 Å². The van der Waals surface area contributed by atoms with Crippen LogP contribution in [-0.4, -0.2) is 50.3 Å². The van der Waals surface area contributed by atoms with Gasteiger partial charge in [0.15, 0.2) is 0 Å². The summed E-state index contributed by atoms with van der Waals surface area (Å²) in [5.41, 5.74) is 1.27. The SMILES string of the molecule is C=C[C@]12CN(C)[C@@H]3C4CO[C@H](C[C@H]41)[C@]1(C(=O)N(OC)c4ccccc41)[C@@H]32. The number of fused-ring (bicyclic) bond motifs is 5. The van der Waals surface area contributed by atoms with Crippen LogP contribution in [0.2, 0.25) is 0 Å². The number of carbonyl (C=O) groups excluding carboxylic acids is 1. The molecule has 0 aromatic heterocycles. The second-order valence-corrected chi connectivity index (χ2v) is 8.70. The van der Waals surface area contributed by atoms with Gasteiger partial charge >= 0.3 is 0 Å². The van der Waals surface area contributed by atoms with Crippen molar-refractivity contribution in [1.82, 2.24) is 4.90 Å². The van der Waals surface area contributed by atoms with Gasteiger partial charge in [0, 0.05) is 29.8 Å². The molecule has 3 aliphatic heterocycles. The Balaban J connectivity index is 1.68. The lowest BCUT2D eigenvalue weighted by molar-refractivity contribution is -0.159. The highest BCUT2D eigenvalue weighted by molar-refractivity contribution is 6.08. The molecule has 5 bridgehead atoms. The second-order valence-electron chi connectivity index (χ2n) is 8.70. The fourth-order valence-corrected chi connectivity index (χ4v) is 7.64. The van der Waals surface area contributed by atoms with Gasteiger partial charge in [0.25, 0.3) is 5.91 Å². The summed E-state index contributed by atoms with van der Waals surface area (Å²) in [5, 5.41) is 1.50. The number of rotatable bonds is 2.